The molecule has 0 saturated heterocycles. The number of halogens is 1. The zero-order valence-electron chi connectivity index (χ0n) is 20.8. The van der Waals surface area contributed by atoms with Crippen LogP contribution in [0.4, 0.5) is 0 Å². The lowest BCUT2D eigenvalue weighted by Gasteiger charge is -2.18. The normalized spacial score (nSPS) is 12.4. The number of nitrogens with two attached hydrogens (primary N) is 1. The fourth-order valence-electron chi connectivity index (χ4n) is 3.64. The standard InChI is InChI=1S/C26H39N3O5.ClH/c1-3-5-9-15-33-25(31)21(27)13-14-24(30)29-23(26(32)34-16-10-6-4-2)17-19-18-28-22-12-8-7-11-20(19)22;/h7-8,11-12,18,21,23,28H,3-6,9-10,13-17,27H2,1-2H3,(H,29,30);1H/t21-,23+;/m1./s1. The minimum absolute atomic E-state index is 0. The van der Waals surface area contributed by atoms with Crippen LogP contribution in [0.5, 0.6) is 0 Å². The molecule has 0 spiro atoms. The summed E-state index contributed by atoms with van der Waals surface area (Å²) in [5.74, 6) is -1.33. The van der Waals surface area contributed by atoms with Crippen LogP contribution in [0.3, 0.4) is 0 Å². The average molecular weight is 510 g/mol. The molecule has 0 unspecified atom stereocenters. The van der Waals surface area contributed by atoms with Crippen LogP contribution in [-0.2, 0) is 30.3 Å². The van der Waals surface area contributed by atoms with Gasteiger partial charge in [-0.15, -0.1) is 12.4 Å². The maximum Gasteiger partial charge on any atom is 0.328 e. The Hall–Kier alpha value is -2.58. The number of nitrogens with one attached hydrogen (secondary N) is 2. The van der Waals surface area contributed by atoms with Crippen molar-refractivity contribution in [1.29, 1.82) is 0 Å². The highest BCUT2D eigenvalue weighted by Crippen LogP contribution is 2.19. The second kappa shape index (κ2) is 16.9. The first-order chi connectivity index (χ1) is 16.5. The van der Waals surface area contributed by atoms with Gasteiger partial charge in [0.2, 0.25) is 5.91 Å². The van der Waals surface area contributed by atoms with Gasteiger partial charge < -0.3 is 25.5 Å². The number of para-hydroxylation sites is 1. The van der Waals surface area contributed by atoms with Crippen molar-refractivity contribution in [3.8, 4) is 0 Å². The average Bonchev–Trinajstić information content (AvgIpc) is 3.25. The number of aromatic nitrogens is 1. The number of amides is 1. The van der Waals surface area contributed by atoms with Crippen molar-refractivity contribution in [2.24, 2.45) is 5.73 Å². The highest BCUT2D eigenvalue weighted by Gasteiger charge is 2.25. The monoisotopic (exact) mass is 509 g/mol. The van der Waals surface area contributed by atoms with E-state index in [-0.39, 0.29) is 31.2 Å². The Bertz CT molecular complexity index is 917. The Balaban J connectivity index is 0.00000612. The third-order valence-electron chi connectivity index (χ3n) is 5.69. The Labute approximate surface area is 214 Å². The van der Waals surface area contributed by atoms with Gasteiger partial charge in [-0.3, -0.25) is 9.59 Å². The number of esters is 2. The van der Waals surface area contributed by atoms with E-state index in [4.69, 9.17) is 15.2 Å². The van der Waals surface area contributed by atoms with Crippen molar-refractivity contribution < 1.29 is 23.9 Å². The van der Waals surface area contributed by atoms with Gasteiger partial charge in [0, 0.05) is 29.9 Å². The minimum atomic E-state index is -0.875. The summed E-state index contributed by atoms with van der Waals surface area (Å²) in [5, 5.41) is 3.77. The molecule has 0 radical (unpaired) electrons. The van der Waals surface area contributed by atoms with Gasteiger partial charge in [0.1, 0.15) is 12.1 Å². The highest BCUT2D eigenvalue weighted by molar-refractivity contribution is 5.87. The fourth-order valence-corrected chi connectivity index (χ4v) is 3.64. The van der Waals surface area contributed by atoms with Crippen LogP contribution in [0.15, 0.2) is 30.5 Å². The van der Waals surface area contributed by atoms with Gasteiger partial charge in [0.25, 0.3) is 0 Å². The molecule has 0 saturated carbocycles. The number of carbonyl (C=O) groups excluding carboxylic acids is 3. The number of rotatable bonds is 16. The lowest BCUT2D eigenvalue weighted by molar-refractivity contribution is -0.148. The van der Waals surface area contributed by atoms with E-state index in [1.807, 2.05) is 30.5 Å². The van der Waals surface area contributed by atoms with Gasteiger partial charge in [-0.2, -0.15) is 0 Å². The summed E-state index contributed by atoms with van der Waals surface area (Å²) in [5.41, 5.74) is 7.76. The van der Waals surface area contributed by atoms with Crippen LogP contribution in [-0.4, -0.2) is 48.1 Å². The van der Waals surface area contributed by atoms with Crippen molar-refractivity contribution in [2.45, 2.75) is 83.7 Å². The first-order valence-electron chi connectivity index (χ1n) is 12.4. The molecule has 0 fully saturated rings. The number of hydrogen-bond acceptors (Lipinski definition) is 6. The van der Waals surface area contributed by atoms with E-state index >= 15 is 0 Å². The number of fused-ring (bicyclic) bond motifs is 1. The quantitative estimate of drug-likeness (QED) is 0.230. The van der Waals surface area contributed by atoms with E-state index in [2.05, 4.69) is 24.1 Å². The summed E-state index contributed by atoms with van der Waals surface area (Å²) in [6, 6.07) is 6.09. The first-order valence-corrected chi connectivity index (χ1v) is 12.4. The fraction of sp³-hybridized carbons (Fsp3) is 0.577. The predicted molar refractivity (Wildman–Crippen MR) is 139 cm³/mol. The second-order valence-corrected chi connectivity index (χ2v) is 8.58. The maximum atomic E-state index is 12.8. The SMILES string of the molecule is CCCCCOC(=O)[C@H](N)CCC(=O)N[C@@H](Cc1c[nH]c2ccccc12)C(=O)OCCCCC.Cl. The molecule has 2 atom stereocenters. The zero-order chi connectivity index (χ0) is 24.8. The second-order valence-electron chi connectivity index (χ2n) is 8.58. The molecule has 35 heavy (non-hydrogen) atoms. The summed E-state index contributed by atoms with van der Waals surface area (Å²) in [4.78, 5) is 40.6. The lowest BCUT2D eigenvalue weighted by atomic mass is 10.0. The molecule has 0 aliphatic carbocycles. The molecule has 196 valence electrons. The summed E-state index contributed by atoms with van der Waals surface area (Å²) < 4.78 is 10.6. The van der Waals surface area contributed by atoms with E-state index in [1.54, 1.807) is 0 Å². The predicted octanol–water partition coefficient (Wildman–Crippen LogP) is 4.19. The number of hydrogen-bond donors (Lipinski definition) is 3. The van der Waals surface area contributed by atoms with E-state index in [0.29, 0.717) is 19.6 Å². The first kappa shape index (κ1) is 30.5. The third kappa shape index (κ3) is 10.7. The molecule has 0 aliphatic rings. The molecule has 8 nitrogen and oxygen atoms in total. The molecule has 1 aromatic heterocycles. The molecule has 2 rings (SSSR count). The highest BCUT2D eigenvalue weighted by atomic mass is 35.5. The van der Waals surface area contributed by atoms with E-state index in [9.17, 15) is 14.4 Å². The number of unbranched alkanes of at least 4 members (excludes halogenated alkanes) is 4. The molecule has 0 aliphatic heterocycles. The Morgan fingerprint density at radius 2 is 1.60 bits per heavy atom. The molecule has 1 aromatic carbocycles. The number of carbonyl (C=O) groups is 3. The van der Waals surface area contributed by atoms with E-state index < -0.39 is 24.0 Å². The zero-order valence-corrected chi connectivity index (χ0v) is 21.7. The molecule has 9 heteroatoms. The molecule has 4 N–H and O–H groups in total. The molecular formula is C26H40ClN3O5. The number of ether oxygens (including phenoxy) is 2. The minimum Gasteiger partial charge on any atom is -0.465 e. The van der Waals surface area contributed by atoms with Crippen molar-refractivity contribution in [3.63, 3.8) is 0 Å². The molecular weight excluding hydrogens is 470 g/mol. The van der Waals surface area contributed by atoms with E-state index in [1.165, 1.54) is 0 Å². The van der Waals surface area contributed by atoms with Crippen LogP contribution in [0.1, 0.15) is 70.8 Å². The van der Waals surface area contributed by atoms with Gasteiger partial charge in [0.15, 0.2) is 0 Å². The number of benzene rings is 1. The smallest absolute Gasteiger partial charge is 0.328 e. The Morgan fingerprint density at radius 1 is 0.971 bits per heavy atom. The van der Waals surface area contributed by atoms with Gasteiger partial charge >= 0.3 is 11.9 Å². The Kier molecular flexibility index (Phi) is 14.7. The van der Waals surface area contributed by atoms with E-state index in [0.717, 1.165) is 55.0 Å². The van der Waals surface area contributed by atoms with Crippen molar-refractivity contribution in [3.05, 3.63) is 36.0 Å². The number of H-pyrrole nitrogens is 1. The van der Waals surface area contributed by atoms with Gasteiger partial charge in [0.05, 0.1) is 13.2 Å². The summed E-state index contributed by atoms with van der Waals surface area (Å²) >= 11 is 0. The van der Waals surface area contributed by atoms with Crippen LogP contribution in [0.25, 0.3) is 10.9 Å². The summed E-state index contributed by atoms with van der Waals surface area (Å²) in [6.07, 6.45) is 7.89. The third-order valence-corrected chi connectivity index (χ3v) is 5.69. The van der Waals surface area contributed by atoms with Gasteiger partial charge in [-0.25, -0.2) is 4.79 Å². The number of aromatic amines is 1. The molecule has 0 bridgehead atoms. The van der Waals surface area contributed by atoms with Gasteiger partial charge in [-0.05, 0) is 30.9 Å². The molecule has 2 aromatic rings. The van der Waals surface area contributed by atoms with Crippen molar-refractivity contribution in [2.75, 3.05) is 13.2 Å². The topological polar surface area (TPSA) is 124 Å². The van der Waals surface area contributed by atoms with Crippen LogP contribution >= 0.6 is 12.4 Å². The summed E-state index contributed by atoms with van der Waals surface area (Å²) in [6.45, 7) is 4.80. The van der Waals surface area contributed by atoms with Crippen LogP contribution in [0.2, 0.25) is 0 Å². The van der Waals surface area contributed by atoms with Crippen molar-refractivity contribution in [1.82, 2.24) is 10.3 Å². The maximum absolute atomic E-state index is 12.8. The van der Waals surface area contributed by atoms with Crippen LogP contribution in [0, 0.1) is 0 Å². The molecule has 1 amide bonds. The molecule has 1 heterocycles. The van der Waals surface area contributed by atoms with Gasteiger partial charge in [-0.1, -0.05) is 57.7 Å². The van der Waals surface area contributed by atoms with Crippen LogP contribution < -0.4 is 11.1 Å². The lowest BCUT2D eigenvalue weighted by Crippen LogP contribution is -2.44. The largest absolute Gasteiger partial charge is 0.465 e. The van der Waals surface area contributed by atoms with Crippen molar-refractivity contribution >= 4 is 41.2 Å². The Morgan fingerprint density at radius 3 is 2.26 bits per heavy atom. The summed E-state index contributed by atoms with van der Waals surface area (Å²) in [7, 11) is 0.